The third kappa shape index (κ3) is 7.09. The van der Waals surface area contributed by atoms with Gasteiger partial charge in [0, 0.05) is 13.5 Å². The molecule has 16 heavy (non-hydrogen) atoms. The van der Waals surface area contributed by atoms with Crippen molar-refractivity contribution >= 4 is 17.7 Å². The molecular formula is C11H23NO3S. The fourth-order valence-electron chi connectivity index (χ4n) is 0.969. The quantitative estimate of drug-likeness (QED) is 0.659. The Bertz CT molecular complexity index is 209. The minimum atomic E-state index is -0.502. The Balaban J connectivity index is 3.72. The highest BCUT2D eigenvalue weighted by Gasteiger charge is 2.19. The van der Waals surface area contributed by atoms with E-state index in [0.717, 1.165) is 5.75 Å². The third-order valence-electron chi connectivity index (χ3n) is 2.44. The fourth-order valence-corrected chi connectivity index (χ4v) is 1.46. The van der Waals surface area contributed by atoms with E-state index in [9.17, 15) is 4.79 Å². The Kier molecular flexibility index (Phi) is 7.80. The number of nitrogens with two attached hydrogens (primary N) is 1. The Morgan fingerprint density at radius 2 is 2.12 bits per heavy atom. The average molecular weight is 249 g/mol. The fraction of sp³-hybridized carbons (Fsp3) is 0.909. The zero-order chi connectivity index (χ0) is 12.6. The van der Waals surface area contributed by atoms with E-state index in [-0.39, 0.29) is 11.6 Å². The molecule has 0 saturated carbocycles. The van der Waals surface area contributed by atoms with Crippen molar-refractivity contribution in [1.29, 1.82) is 0 Å². The van der Waals surface area contributed by atoms with Crippen molar-refractivity contribution in [3.05, 3.63) is 0 Å². The molecule has 0 rings (SSSR count). The van der Waals surface area contributed by atoms with Crippen LogP contribution in [-0.2, 0) is 14.3 Å². The molecule has 0 aliphatic carbocycles. The summed E-state index contributed by atoms with van der Waals surface area (Å²) in [5.74, 6) is 0.556. The van der Waals surface area contributed by atoms with E-state index in [0.29, 0.717) is 19.4 Å². The molecule has 1 atom stereocenters. The van der Waals surface area contributed by atoms with Gasteiger partial charge in [-0.25, -0.2) is 0 Å². The number of carbonyl (C=O) groups excluding carboxylic acids is 1. The summed E-state index contributed by atoms with van der Waals surface area (Å²) in [6.07, 6.45) is 3.32. The molecule has 0 aliphatic rings. The van der Waals surface area contributed by atoms with Crippen LogP contribution in [0, 0.1) is 0 Å². The molecule has 4 nitrogen and oxygen atoms in total. The summed E-state index contributed by atoms with van der Waals surface area (Å²) in [4.78, 5) is 11.4. The van der Waals surface area contributed by atoms with Crippen molar-refractivity contribution in [1.82, 2.24) is 0 Å². The zero-order valence-corrected chi connectivity index (χ0v) is 11.4. The molecule has 0 aliphatic heterocycles. The van der Waals surface area contributed by atoms with Crippen LogP contribution in [0.2, 0.25) is 0 Å². The van der Waals surface area contributed by atoms with Crippen molar-refractivity contribution in [3.8, 4) is 0 Å². The van der Waals surface area contributed by atoms with Crippen molar-refractivity contribution in [2.24, 2.45) is 5.73 Å². The number of thioether (sulfide) groups is 1. The minimum Gasteiger partial charge on any atom is -0.464 e. The number of rotatable bonds is 8. The molecule has 0 radical (unpaired) electrons. The van der Waals surface area contributed by atoms with Gasteiger partial charge in [-0.1, -0.05) is 0 Å². The standard InChI is InChI=1S/C11H23NO3S/c1-11(2,14-3)6-7-15-10(13)9(12)5-8-16-4/h9H,5-8,12H2,1-4H3/t9-/m0/s1. The maximum atomic E-state index is 11.4. The lowest BCUT2D eigenvalue weighted by Gasteiger charge is -2.22. The van der Waals surface area contributed by atoms with Crippen molar-refractivity contribution in [2.45, 2.75) is 38.3 Å². The summed E-state index contributed by atoms with van der Waals surface area (Å²) in [5.41, 5.74) is 5.41. The van der Waals surface area contributed by atoms with Crippen LogP contribution >= 0.6 is 11.8 Å². The molecule has 96 valence electrons. The first-order valence-corrected chi connectivity index (χ1v) is 6.78. The van der Waals surface area contributed by atoms with Crippen LogP contribution < -0.4 is 5.73 Å². The Morgan fingerprint density at radius 3 is 2.62 bits per heavy atom. The van der Waals surface area contributed by atoms with Crippen LogP contribution in [0.5, 0.6) is 0 Å². The van der Waals surface area contributed by atoms with Crippen molar-refractivity contribution in [3.63, 3.8) is 0 Å². The van der Waals surface area contributed by atoms with Crippen molar-refractivity contribution in [2.75, 3.05) is 25.7 Å². The summed E-state index contributed by atoms with van der Waals surface area (Å²) in [5, 5.41) is 0. The van der Waals surface area contributed by atoms with Gasteiger partial charge in [0.1, 0.15) is 6.04 Å². The number of carbonyl (C=O) groups is 1. The zero-order valence-electron chi connectivity index (χ0n) is 10.6. The normalized spacial score (nSPS) is 13.6. The van der Waals surface area contributed by atoms with Gasteiger partial charge in [0.25, 0.3) is 0 Å². The largest absolute Gasteiger partial charge is 0.464 e. The van der Waals surface area contributed by atoms with E-state index in [1.54, 1.807) is 18.9 Å². The van der Waals surface area contributed by atoms with Crippen molar-refractivity contribution < 1.29 is 14.3 Å². The van der Waals surface area contributed by atoms with Crippen LogP contribution in [0.25, 0.3) is 0 Å². The smallest absolute Gasteiger partial charge is 0.322 e. The lowest BCUT2D eigenvalue weighted by atomic mass is 10.1. The highest BCUT2D eigenvalue weighted by Crippen LogP contribution is 2.12. The Labute approximate surface area is 102 Å². The van der Waals surface area contributed by atoms with Gasteiger partial charge in [-0.3, -0.25) is 4.79 Å². The lowest BCUT2D eigenvalue weighted by Crippen LogP contribution is -2.34. The van der Waals surface area contributed by atoms with E-state index >= 15 is 0 Å². The molecule has 5 heteroatoms. The van der Waals surface area contributed by atoms with Gasteiger partial charge >= 0.3 is 5.97 Å². The summed E-state index contributed by atoms with van der Waals surface area (Å²) in [6.45, 7) is 4.26. The molecule has 0 aromatic carbocycles. The predicted molar refractivity (Wildman–Crippen MR) is 67.6 cm³/mol. The number of hydrogen-bond acceptors (Lipinski definition) is 5. The lowest BCUT2D eigenvalue weighted by molar-refractivity contribution is -0.146. The van der Waals surface area contributed by atoms with Gasteiger partial charge in [0.2, 0.25) is 0 Å². The van der Waals surface area contributed by atoms with E-state index in [4.69, 9.17) is 15.2 Å². The molecular weight excluding hydrogens is 226 g/mol. The SMILES string of the molecule is COC(C)(C)CCOC(=O)[C@@H](N)CCSC. The summed E-state index contributed by atoms with van der Waals surface area (Å²) >= 11 is 1.67. The van der Waals surface area contributed by atoms with Gasteiger partial charge in [-0.05, 0) is 32.3 Å². The van der Waals surface area contributed by atoms with Crippen LogP contribution in [0.3, 0.4) is 0 Å². The maximum Gasteiger partial charge on any atom is 0.322 e. The van der Waals surface area contributed by atoms with Gasteiger partial charge in [0.15, 0.2) is 0 Å². The average Bonchev–Trinajstić information content (AvgIpc) is 2.25. The first-order valence-electron chi connectivity index (χ1n) is 5.39. The Hall–Kier alpha value is -0.260. The summed E-state index contributed by atoms with van der Waals surface area (Å²) < 4.78 is 10.3. The highest BCUT2D eigenvalue weighted by molar-refractivity contribution is 7.98. The van der Waals surface area contributed by atoms with Gasteiger partial charge < -0.3 is 15.2 Å². The summed E-state index contributed by atoms with van der Waals surface area (Å²) in [6, 6.07) is -0.502. The number of hydrogen-bond donors (Lipinski definition) is 1. The third-order valence-corrected chi connectivity index (χ3v) is 3.08. The van der Waals surface area contributed by atoms with Crippen LogP contribution in [0.15, 0.2) is 0 Å². The number of methoxy groups -OCH3 is 1. The topological polar surface area (TPSA) is 61.5 Å². The first kappa shape index (κ1) is 15.7. The molecule has 0 saturated heterocycles. The molecule has 0 aromatic heterocycles. The second-order valence-corrected chi connectivity index (χ2v) is 5.25. The predicted octanol–water partition coefficient (Wildman–Crippen LogP) is 1.43. The maximum absolute atomic E-state index is 11.4. The van der Waals surface area contributed by atoms with Gasteiger partial charge in [-0.2, -0.15) is 11.8 Å². The van der Waals surface area contributed by atoms with E-state index in [2.05, 4.69) is 0 Å². The summed E-state index contributed by atoms with van der Waals surface area (Å²) in [7, 11) is 1.64. The molecule has 0 fully saturated rings. The molecule has 0 aromatic rings. The first-order chi connectivity index (χ1) is 7.43. The van der Waals surface area contributed by atoms with Gasteiger partial charge in [0.05, 0.1) is 12.2 Å². The van der Waals surface area contributed by atoms with E-state index < -0.39 is 6.04 Å². The molecule has 0 unspecified atom stereocenters. The van der Waals surface area contributed by atoms with Crippen LogP contribution in [0.1, 0.15) is 26.7 Å². The van der Waals surface area contributed by atoms with E-state index in [1.165, 1.54) is 0 Å². The highest BCUT2D eigenvalue weighted by atomic mass is 32.2. The monoisotopic (exact) mass is 249 g/mol. The second kappa shape index (κ2) is 7.92. The van der Waals surface area contributed by atoms with Crippen LogP contribution in [-0.4, -0.2) is 43.3 Å². The molecule has 0 spiro atoms. The van der Waals surface area contributed by atoms with Crippen LogP contribution in [0.4, 0.5) is 0 Å². The minimum absolute atomic E-state index is 0.260. The Morgan fingerprint density at radius 1 is 1.50 bits per heavy atom. The number of esters is 1. The molecule has 0 amide bonds. The molecule has 0 heterocycles. The molecule has 0 bridgehead atoms. The molecule has 2 N–H and O–H groups in total. The van der Waals surface area contributed by atoms with E-state index in [1.807, 2.05) is 20.1 Å². The van der Waals surface area contributed by atoms with Gasteiger partial charge in [-0.15, -0.1) is 0 Å². The second-order valence-electron chi connectivity index (χ2n) is 4.27. The number of ether oxygens (including phenoxy) is 2.